The Kier molecular flexibility index (Phi) is 4.05. The van der Waals surface area contributed by atoms with Gasteiger partial charge < -0.3 is 15.5 Å². The predicted molar refractivity (Wildman–Crippen MR) is 90.3 cm³/mol. The molecule has 2 atom stereocenters. The summed E-state index contributed by atoms with van der Waals surface area (Å²) in [5.74, 6) is 2.45. The number of likely N-dealkylation sites (tertiary alicyclic amines) is 1. The van der Waals surface area contributed by atoms with Crippen LogP contribution in [0.3, 0.4) is 0 Å². The molecule has 2 fully saturated rings. The third-order valence-electron chi connectivity index (χ3n) is 4.59. The molecule has 4 rings (SSSR count). The van der Waals surface area contributed by atoms with Crippen LogP contribution in [0.2, 0.25) is 0 Å². The Morgan fingerprint density at radius 3 is 2.96 bits per heavy atom. The number of hydrogen-bond donors (Lipinski definition) is 3. The summed E-state index contributed by atoms with van der Waals surface area (Å²) in [6.07, 6.45) is 3.93. The number of halogens is 1. The first-order valence-electron chi connectivity index (χ1n) is 8.42. The summed E-state index contributed by atoms with van der Waals surface area (Å²) in [4.78, 5) is 10.6. The number of nitrogens with one attached hydrogen (secondary N) is 3. The second-order valence-electron chi connectivity index (χ2n) is 6.69. The maximum Gasteiger partial charge on any atom is 0.224 e. The minimum Gasteiger partial charge on any atom is -0.348 e. The summed E-state index contributed by atoms with van der Waals surface area (Å²) in [5.41, 5.74) is 1.16. The molecule has 0 unspecified atom stereocenters. The molecular weight excluding hydrogens is 309 g/mol. The Hall–Kier alpha value is -2.22. The van der Waals surface area contributed by atoms with Gasteiger partial charge in [-0.2, -0.15) is 10.1 Å². The fourth-order valence-corrected chi connectivity index (χ4v) is 3.02. The van der Waals surface area contributed by atoms with Crippen molar-refractivity contribution in [1.82, 2.24) is 25.1 Å². The molecule has 1 aliphatic heterocycles. The van der Waals surface area contributed by atoms with E-state index in [0.717, 1.165) is 24.5 Å². The van der Waals surface area contributed by atoms with E-state index in [1.165, 1.54) is 12.8 Å². The maximum absolute atomic E-state index is 14.1. The van der Waals surface area contributed by atoms with Gasteiger partial charge in [0.05, 0.1) is 6.04 Å². The molecule has 2 aromatic heterocycles. The maximum atomic E-state index is 14.1. The van der Waals surface area contributed by atoms with Crippen molar-refractivity contribution in [1.29, 1.82) is 0 Å². The smallest absolute Gasteiger partial charge is 0.224 e. The number of hydrogen-bond acceptors (Lipinski definition) is 6. The number of H-pyrrole nitrogens is 1. The number of aromatic nitrogens is 4. The van der Waals surface area contributed by atoms with Crippen LogP contribution in [-0.2, 0) is 0 Å². The average molecular weight is 331 g/mol. The van der Waals surface area contributed by atoms with Gasteiger partial charge in [-0.3, -0.25) is 5.10 Å². The van der Waals surface area contributed by atoms with Crippen molar-refractivity contribution < 1.29 is 4.39 Å². The van der Waals surface area contributed by atoms with Crippen LogP contribution in [0, 0.1) is 0 Å². The lowest BCUT2D eigenvalue weighted by molar-refractivity contribution is 0.149. The lowest BCUT2D eigenvalue weighted by Crippen LogP contribution is -2.46. The Balaban J connectivity index is 1.41. The summed E-state index contributed by atoms with van der Waals surface area (Å²) in [6.45, 7) is 1.31. The van der Waals surface area contributed by atoms with Gasteiger partial charge in [0.2, 0.25) is 5.95 Å². The molecule has 2 aliphatic rings. The summed E-state index contributed by atoms with van der Waals surface area (Å²) in [5, 5.41) is 13.6. The van der Waals surface area contributed by atoms with Crippen LogP contribution in [0.5, 0.6) is 0 Å². The summed E-state index contributed by atoms with van der Waals surface area (Å²) < 4.78 is 14.1. The van der Waals surface area contributed by atoms with E-state index in [1.807, 2.05) is 18.0 Å². The van der Waals surface area contributed by atoms with E-state index < -0.39 is 6.17 Å². The number of alkyl halides is 1. The fraction of sp³-hybridized carbons (Fsp3) is 0.562. The molecule has 0 spiro atoms. The number of nitrogens with zero attached hydrogens (tertiary/aromatic N) is 4. The zero-order chi connectivity index (χ0) is 16.5. The van der Waals surface area contributed by atoms with E-state index in [2.05, 4.69) is 30.8 Å². The lowest BCUT2D eigenvalue weighted by atomic mass is 10.0. The minimum atomic E-state index is -0.920. The van der Waals surface area contributed by atoms with Gasteiger partial charge in [-0.05, 0) is 32.4 Å². The van der Waals surface area contributed by atoms with Gasteiger partial charge in [0.25, 0.3) is 0 Å². The zero-order valence-corrected chi connectivity index (χ0v) is 13.7. The zero-order valence-electron chi connectivity index (χ0n) is 13.7. The van der Waals surface area contributed by atoms with Crippen LogP contribution in [0.4, 0.5) is 22.0 Å². The van der Waals surface area contributed by atoms with Gasteiger partial charge in [0.1, 0.15) is 12.0 Å². The second kappa shape index (κ2) is 6.35. The fourth-order valence-electron chi connectivity index (χ4n) is 3.02. The van der Waals surface area contributed by atoms with Gasteiger partial charge in [-0.1, -0.05) is 0 Å². The molecule has 0 amide bonds. The Labute approximate surface area is 140 Å². The van der Waals surface area contributed by atoms with Gasteiger partial charge in [-0.15, -0.1) is 0 Å². The molecule has 1 saturated heterocycles. The van der Waals surface area contributed by atoms with Gasteiger partial charge in [0, 0.05) is 37.0 Å². The first-order valence-corrected chi connectivity index (χ1v) is 8.42. The summed E-state index contributed by atoms with van der Waals surface area (Å²) in [6, 6.07) is 3.54. The van der Waals surface area contributed by atoms with Crippen molar-refractivity contribution in [3.63, 3.8) is 0 Å². The average Bonchev–Trinajstić information content (AvgIpc) is 3.31. The van der Waals surface area contributed by atoms with E-state index in [4.69, 9.17) is 0 Å². The Morgan fingerprint density at radius 2 is 2.17 bits per heavy atom. The largest absolute Gasteiger partial charge is 0.348 e. The quantitative estimate of drug-likeness (QED) is 0.780. The van der Waals surface area contributed by atoms with E-state index in [-0.39, 0.29) is 6.04 Å². The van der Waals surface area contributed by atoms with Gasteiger partial charge in [0.15, 0.2) is 5.82 Å². The normalized spacial score (nSPS) is 24.8. The molecule has 8 heteroatoms. The summed E-state index contributed by atoms with van der Waals surface area (Å²) in [7, 11) is 1.93. The third kappa shape index (κ3) is 3.48. The monoisotopic (exact) mass is 331 g/mol. The van der Waals surface area contributed by atoms with E-state index in [0.29, 0.717) is 24.2 Å². The lowest BCUT2D eigenvalue weighted by Gasteiger charge is -2.32. The molecular formula is C16H22FN7. The highest BCUT2D eigenvalue weighted by Gasteiger charge is 2.28. The molecule has 3 N–H and O–H groups in total. The molecule has 7 nitrogen and oxygen atoms in total. The molecule has 2 aromatic rings. The Morgan fingerprint density at radius 1 is 1.29 bits per heavy atom. The van der Waals surface area contributed by atoms with Crippen LogP contribution >= 0.6 is 0 Å². The van der Waals surface area contributed by atoms with Crippen LogP contribution < -0.4 is 10.6 Å². The third-order valence-corrected chi connectivity index (χ3v) is 4.59. The highest BCUT2D eigenvalue weighted by Crippen LogP contribution is 2.39. The molecule has 3 heterocycles. The van der Waals surface area contributed by atoms with Gasteiger partial charge >= 0.3 is 0 Å². The van der Waals surface area contributed by atoms with Crippen LogP contribution in [0.1, 0.15) is 30.9 Å². The van der Waals surface area contributed by atoms with Gasteiger partial charge in [-0.25, -0.2) is 9.37 Å². The number of aromatic amines is 1. The van der Waals surface area contributed by atoms with Crippen LogP contribution in [0.25, 0.3) is 0 Å². The predicted octanol–water partition coefficient (Wildman–Crippen LogP) is 2.27. The highest BCUT2D eigenvalue weighted by molar-refractivity contribution is 5.53. The van der Waals surface area contributed by atoms with Crippen molar-refractivity contribution in [2.75, 3.05) is 30.8 Å². The first kappa shape index (κ1) is 15.3. The SMILES string of the molecule is CN1CC[C@H](Nc2nccc(Nc3cc(C4CC4)[nH]n3)n2)[C@H](F)C1. The molecule has 0 radical (unpaired) electrons. The van der Waals surface area contributed by atoms with E-state index >= 15 is 0 Å². The minimum absolute atomic E-state index is 0.247. The number of piperidine rings is 1. The molecule has 1 aliphatic carbocycles. The van der Waals surface area contributed by atoms with Crippen molar-refractivity contribution >= 4 is 17.6 Å². The van der Waals surface area contributed by atoms with Crippen LogP contribution in [-0.4, -0.2) is 57.4 Å². The van der Waals surface area contributed by atoms with E-state index in [9.17, 15) is 4.39 Å². The van der Waals surface area contributed by atoms with Crippen molar-refractivity contribution in [3.8, 4) is 0 Å². The first-order chi connectivity index (χ1) is 11.7. The van der Waals surface area contributed by atoms with Crippen LogP contribution in [0.15, 0.2) is 18.3 Å². The highest BCUT2D eigenvalue weighted by atomic mass is 19.1. The number of rotatable bonds is 5. The summed E-state index contributed by atoms with van der Waals surface area (Å²) >= 11 is 0. The number of anilines is 3. The molecule has 0 bridgehead atoms. The van der Waals surface area contributed by atoms with Crippen molar-refractivity contribution in [2.24, 2.45) is 0 Å². The molecule has 24 heavy (non-hydrogen) atoms. The standard InChI is InChI=1S/C16H22FN7/c1-24-7-5-12(11(17)9-24)19-16-18-6-4-14(21-16)20-15-8-13(22-23-15)10-2-3-10/h4,6,8,10-12H,2-3,5,7,9H2,1H3,(H3,18,19,20,21,22,23)/t11-,12+/m1/s1. The van der Waals surface area contributed by atoms with Crippen molar-refractivity contribution in [3.05, 3.63) is 24.0 Å². The topological polar surface area (TPSA) is 81.8 Å². The second-order valence-corrected chi connectivity index (χ2v) is 6.69. The molecule has 0 aromatic carbocycles. The molecule has 1 saturated carbocycles. The van der Waals surface area contributed by atoms with Crippen molar-refractivity contribution in [2.45, 2.75) is 37.4 Å². The Bertz CT molecular complexity index is 699. The molecule has 128 valence electrons. The van der Waals surface area contributed by atoms with E-state index in [1.54, 1.807) is 12.3 Å².